The third kappa shape index (κ3) is 3.67. The highest BCUT2D eigenvalue weighted by atomic mass is 16.6. The Bertz CT molecular complexity index is 1770. The number of rotatable bonds is 3. The number of hydrogen-bond donors (Lipinski definition) is 1. The molecule has 2 unspecified atom stereocenters. The van der Waals surface area contributed by atoms with Crippen LogP contribution in [-0.4, -0.2) is 23.2 Å². The van der Waals surface area contributed by atoms with Crippen molar-refractivity contribution in [1.29, 1.82) is 0 Å². The molecule has 6 heteroatoms. The molecule has 0 bridgehead atoms. The zero-order valence-corrected chi connectivity index (χ0v) is 24.9. The van der Waals surface area contributed by atoms with Gasteiger partial charge in [0.25, 0.3) is 0 Å². The molecule has 4 aromatic rings. The highest BCUT2D eigenvalue weighted by molar-refractivity contribution is 5.97. The topological polar surface area (TPSA) is 68.2 Å². The van der Waals surface area contributed by atoms with Crippen molar-refractivity contribution in [3.05, 3.63) is 106 Å². The molecule has 0 fully saturated rings. The van der Waals surface area contributed by atoms with E-state index >= 15 is 0 Å². The van der Waals surface area contributed by atoms with Gasteiger partial charge in [-0.3, -0.25) is 0 Å². The van der Waals surface area contributed by atoms with E-state index in [9.17, 15) is 9.90 Å². The number of phenolic OH excluding ortho intramolecular Hbond substituents is 1. The normalized spacial score (nSPS) is 21.1. The fourth-order valence-electron chi connectivity index (χ4n) is 7.40. The van der Waals surface area contributed by atoms with Gasteiger partial charge in [-0.05, 0) is 100 Å². The minimum absolute atomic E-state index is 0.00647. The van der Waals surface area contributed by atoms with Crippen LogP contribution in [0.25, 0.3) is 0 Å². The van der Waals surface area contributed by atoms with Crippen LogP contribution in [-0.2, 0) is 10.3 Å². The lowest BCUT2D eigenvalue weighted by molar-refractivity contribution is 0.0224. The first-order valence-corrected chi connectivity index (χ1v) is 14.6. The van der Waals surface area contributed by atoms with Crippen molar-refractivity contribution in [3.63, 3.8) is 0 Å². The number of aromatic hydroxyl groups is 1. The smallest absolute Gasteiger partial charge is 0.340 e. The molecule has 1 N–H and O–H groups in total. The lowest BCUT2D eigenvalue weighted by Crippen LogP contribution is -2.48. The molecular formula is C36H35NO5. The first-order chi connectivity index (χ1) is 20.0. The third-order valence-electron chi connectivity index (χ3n) is 9.21. The van der Waals surface area contributed by atoms with E-state index in [1.54, 1.807) is 0 Å². The lowest BCUT2D eigenvalue weighted by Gasteiger charge is -2.48. The van der Waals surface area contributed by atoms with Gasteiger partial charge in [-0.1, -0.05) is 25.1 Å². The summed E-state index contributed by atoms with van der Waals surface area (Å²) in [6.45, 7) is 13.6. The van der Waals surface area contributed by atoms with Gasteiger partial charge in [-0.25, -0.2) is 4.79 Å². The van der Waals surface area contributed by atoms with E-state index < -0.39 is 5.60 Å². The van der Waals surface area contributed by atoms with E-state index in [-0.39, 0.29) is 17.3 Å². The standard InChI is InChI=1S/C36H35NO5/c1-7-37-30-18-32-29(17-26(30)22(4)19-35(37,5)6)36(27-11-9-8-10-25(27)34(39)42-36)28-13-12-23(16-31(28)41-32)40-24-14-20(2)33(38)21(3)15-24/h8-18,22,38H,7,19H2,1-6H3. The summed E-state index contributed by atoms with van der Waals surface area (Å²) >= 11 is 0. The van der Waals surface area contributed by atoms with Crippen LogP contribution < -0.4 is 14.4 Å². The number of fused-ring (bicyclic) bond motifs is 7. The second kappa shape index (κ2) is 9.02. The van der Waals surface area contributed by atoms with Crippen LogP contribution in [0, 0.1) is 13.8 Å². The summed E-state index contributed by atoms with van der Waals surface area (Å²) in [6.07, 6.45) is 1.02. The van der Waals surface area contributed by atoms with E-state index in [0.717, 1.165) is 46.5 Å². The van der Waals surface area contributed by atoms with Gasteiger partial charge in [0.05, 0.1) is 5.56 Å². The van der Waals surface area contributed by atoms with E-state index in [1.807, 2.05) is 68.4 Å². The van der Waals surface area contributed by atoms with Gasteiger partial charge in [-0.15, -0.1) is 0 Å². The summed E-state index contributed by atoms with van der Waals surface area (Å²) in [6, 6.07) is 21.3. The number of carbonyl (C=O) groups excluding carboxylic acids is 1. The van der Waals surface area contributed by atoms with Gasteiger partial charge < -0.3 is 24.2 Å². The average molecular weight is 562 g/mol. The zero-order chi connectivity index (χ0) is 29.6. The van der Waals surface area contributed by atoms with Crippen LogP contribution in [0.3, 0.4) is 0 Å². The molecule has 3 heterocycles. The molecule has 0 aliphatic carbocycles. The minimum atomic E-state index is -1.14. The number of benzene rings is 4. The molecule has 3 aliphatic rings. The van der Waals surface area contributed by atoms with Gasteiger partial charge in [0, 0.05) is 46.6 Å². The summed E-state index contributed by atoms with van der Waals surface area (Å²) in [7, 11) is 0. The second-order valence-electron chi connectivity index (χ2n) is 12.5. The van der Waals surface area contributed by atoms with Crippen LogP contribution in [0.1, 0.15) is 83.8 Å². The van der Waals surface area contributed by atoms with Gasteiger partial charge >= 0.3 is 5.97 Å². The van der Waals surface area contributed by atoms with E-state index in [4.69, 9.17) is 14.2 Å². The molecule has 2 atom stereocenters. The van der Waals surface area contributed by atoms with Crippen molar-refractivity contribution in [2.45, 2.75) is 65.0 Å². The Morgan fingerprint density at radius 3 is 2.38 bits per heavy atom. The van der Waals surface area contributed by atoms with Crippen molar-refractivity contribution in [2.24, 2.45) is 0 Å². The largest absolute Gasteiger partial charge is 0.507 e. The number of phenols is 1. The predicted molar refractivity (Wildman–Crippen MR) is 162 cm³/mol. The number of esters is 1. The summed E-state index contributed by atoms with van der Waals surface area (Å²) in [5.41, 5.74) is 5.70. The number of anilines is 1. The Labute approximate surface area is 246 Å². The van der Waals surface area contributed by atoms with Crippen LogP contribution in [0.2, 0.25) is 0 Å². The quantitative estimate of drug-likeness (QED) is 0.253. The predicted octanol–water partition coefficient (Wildman–Crippen LogP) is 8.48. The average Bonchev–Trinajstić information content (AvgIpc) is 3.23. The second-order valence-corrected chi connectivity index (χ2v) is 12.5. The zero-order valence-electron chi connectivity index (χ0n) is 24.9. The molecule has 1 spiro atoms. The molecule has 0 amide bonds. The Morgan fingerprint density at radius 2 is 1.64 bits per heavy atom. The van der Waals surface area contributed by atoms with E-state index in [1.165, 1.54) is 5.56 Å². The molecule has 0 saturated carbocycles. The summed E-state index contributed by atoms with van der Waals surface area (Å²) in [4.78, 5) is 15.8. The van der Waals surface area contributed by atoms with Crippen LogP contribution >= 0.6 is 0 Å². The van der Waals surface area contributed by atoms with Crippen molar-refractivity contribution < 1.29 is 24.1 Å². The number of carbonyl (C=O) groups is 1. The number of nitrogens with zero attached hydrogens (tertiary/aromatic N) is 1. The van der Waals surface area contributed by atoms with Gasteiger partial charge in [-0.2, -0.15) is 0 Å². The maximum absolute atomic E-state index is 13.4. The number of hydrogen-bond acceptors (Lipinski definition) is 6. The SMILES string of the molecule is CCN1c2cc3c(cc2C(C)CC1(C)C)C1(OC(=O)c2ccccc21)c1ccc(Oc2cc(C)c(O)c(C)c2)cc1O3. The summed E-state index contributed by atoms with van der Waals surface area (Å²) < 4.78 is 19.4. The number of aryl methyl sites for hydroxylation is 2. The van der Waals surface area contributed by atoms with Crippen LogP contribution in [0.4, 0.5) is 5.69 Å². The molecule has 42 heavy (non-hydrogen) atoms. The summed E-state index contributed by atoms with van der Waals surface area (Å²) in [5, 5.41) is 10.2. The molecule has 0 radical (unpaired) electrons. The maximum Gasteiger partial charge on any atom is 0.340 e. The van der Waals surface area contributed by atoms with Crippen molar-refractivity contribution in [3.8, 4) is 28.7 Å². The molecule has 3 aliphatic heterocycles. The molecule has 0 aromatic heterocycles. The maximum atomic E-state index is 13.4. The highest BCUT2D eigenvalue weighted by Gasteiger charge is 2.54. The summed E-state index contributed by atoms with van der Waals surface area (Å²) in [5.74, 6) is 2.68. The van der Waals surface area contributed by atoms with Gasteiger partial charge in [0.1, 0.15) is 28.7 Å². The Kier molecular flexibility index (Phi) is 5.68. The van der Waals surface area contributed by atoms with Crippen molar-refractivity contribution >= 4 is 11.7 Å². The molecule has 214 valence electrons. The Hall–Kier alpha value is -4.45. The molecule has 4 aromatic carbocycles. The first-order valence-electron chi connectivity index (χ1n) is 14.6. The van der Waals surface area contributed by atoms with E-state index in [0.29, 0.717) is 34.5 Å². The molecule has 0 saturated heterocycles. The minimum Gasteiger partial charge on any atom is -0.507 e. The fourth-order valence-corrected chi connectivity index (χ4v) is 7.40. The number of ether oxygens (including phenoxy) is 3. The van der Waals surface area contributed by atoms with Crippen LogP contribution in [0.5, 0.6) is 28.7 Å². The van der Waals surface area contributed by atoms with Crippen molar-refractivity contribution in [2.75, 3.05) is 11.4 Å². The fraction of sp³-hybridized carbons (Fsp3) is 0.306. The Morgan fingerprint density at radius 1 is 0.929 bits per heavy atom. The monoisotopic (exact) mass is 561 g/mol. The highest BCUT2D eigenvalue weighted by Crippen LogP contribution is 2.59. The van der Waals surface area contributed by atoms with Gasteiger partial charge in [0.15, 0.2) is 5.60 Å². The molecule has 6 nitrogen and oxygen atoms in total. The van der Waals surface area contributed by atoms with E-state index in [2.05, 4.69) is 44.7 Å². The Balaban J connectivity index is 1.43. The molecular weight excluding hydrogens is 526 g/mol. The molecule has 7 rings (SSSR count). The van der Waals surface area contributed by atoms with Gasteiger partial charge in [0.2, 0.25) is 0 Å². The van der Waals surface area contributed by atoms with Crippen molar-refractivity contribution in [1.82, 2.24) is 0 Å². The lowest BCUT2D eigenvalue weighted by atomic mass is 9.74. The first kappa shape index (κ1) is 26.4. The van der Waals surface area contributed by atoms with Crippen LogP contribution in [0.15, 0.2) is 66.7 Å². The third-order valence-corrected chi connectivity index (χ3v) is 9.21.